The fourth-order valence-electron chi connectivity index (χ4n) is 1.03. The molecule has 0 aliphatic carbocycles. The predicted molar refractivity (Wildman–Crippen MR) is 60.4 cm³/mol. The lowest BCUT2D eigenvalue weighted by atomic mass is 10.2. The molecule has 0 saturated carbocycles. The molecule has 15 heavy (non-hydrogen) atoms. The largest absolute Gasteiger partial charge is 0.480 e. The van der Waals surface area contributed by atoms with Crippen LogP contribution >= 0.6 is 11.6 Å². The van der Waals surface area contributed by atoms with Gasteiger partial charge in [0.15, 0.2) is 0 Å². The first kappa shape index (κ1) is 11.2. The van der Waals surface area contributed by atoms with Crippen LogP contribution in [0.5, 0.6) is 5.75 Å². The van der Waals surface area contributed by atoms with Crippen LogP contribution in [-0.4, -0.2) is 6.61 Å². The fourth-order valence-corrected chi connectivity index (χ4v) is 1.21. The second-order valence-corrected chi connectivity index (χ2v) is 3.07. The molecule has 0 spiro atoms. The smallest absolute Gasteiger partial charge is 0.148 e. The third kappa shape index (κ3) is 3.38. The number of ether oxygens (including phenoxy) is 1. The Hall–Kier alpha value is -1.90. The van der Waals surface area contributed by atoms with Crippen molar-refractivity contribution < 1.29 is 4.74 Å². The first-order valence-electron chi connectivity index (χ1n) is 4.20. The Bertz CT molecular complexity index is 452. The molecule has 0 atom stereocenters. The summed E-state index contributed by atoms with van der Waals surface area (Å²) in [6.45, 7) is 0.190. The maximum absolute atomic E-state index is 8.42. The van der Waals surface area contributed by atoms with Crippen LogP contribution in [0.15, 0.2) is 24.3 Å². The molecule has 0 amide bonds. The van der Waals surface area contributed by atoms with Crippen molar-refractivity contribution in [2.45, 2.75) is 0 Å². The summed E-state index contributed by atoms with van der Waals surface area (Å²) in [5, 5.41) is 9.00. The van der Waals surface area contributed by atoms with Gasteiger partial charge in [-0.3, -0.25) is 0 Å². The van der Waals surface area contributed by atoms with Gasteiger partial charge in [0.1, 0.15) is 12.4 Å². The third-order valence-corrected chi connectivity index (χ3v) is 1.86. The molecule has 3 heteroatoms. The highest BCUT2D eigenvalue weighted by molar-refractivity contribution is 6.30. The van der Waals surface area contributed by atoms with Crippen molar-refractivity contribution in [3.8, 4) is 24.2 Å². The Labute approximate surface area is 93.7 Å². The summed E-state index contributed by atoms with van der Waals surface area (Å²) in [6.07, 6.45) is 8.06. The van der Waals surface area contributed by atoms with Gasteiger partial charge in [0.2, 0.25) is 0 Å². The van der Waals surface area contributed by atoms with Crippen molar-refractivity contribution >= 4 is 17.7 Å². The highest BCUT2D eigenvalue weighted by Crippen LogP contribution is 2.24. The number of rotatable bonds is 3. The van der Waals surface area contributed by atoms with Crippen LogP contribution in [0.1, 0.15) is 5.56 Å². The molecule has 1 rings (SSSR count). The van der Waals surface area contributed by atoms with E-state index >= 15 is 0 Å². The fraction of sp³-hybridized carbons (Fsp3) is 0.0833. The molecule has 74 valence electrons. The molecular formula is C12H8ClNO. The highest BCUT2D eigenvalue weighted by atomic mass is 35.5. The van der Waals surface area contributed by atoms with Gasteiger partial charge in [0.05, 0.1) is 6.07 Å². The number of terminal acetylenes is 1. The molecule has 0 saturated heterocycles. The van der Waals surface area contributed by atoms with E-state index < -0.39 is 0 Å². The van der Waals surface area contributed by atoms with Crippen LogP contribution in [0.3, 0.4) is 0 Å². The minimum atomic E-state index is 0.190. The average molecular weight is 218 g/mol. The lowest BCUT2D eigenvalue weighted by Gasteiger charge is -2.06. The molecule has 0 aromatic heterocycles. The molecular weight excluding hydrogens is 210 g/mol. The first-order chi connectivity index (χ1) is 7.27. The molecule has 0 fully saturated rings. The van der Waals surface area contributed by atoms with Crippen molar-refractivity contribution in [2.24, 2.45) is 0 Å². The van der Waals surface area contributed by atoms with Crippen LogP contribution in [0, 0.1) is 23.7 Å². The van der Waals surface area contributed by atoms with E-state index in [2.05, 4.69) is 5.92 Å². The first-order valence-corrected chi connectivity index (χ1v) is 4.57. The van der Waals surface area contributed by atoms with Crippen LogP contribution in [0.4, 0.5) is 0 Å². The summed E-state index contributed by atoms with van der Waals surface area (Å²) in [7, 11) is 0. The standard InChI is InChI=1S/C12H8ClNO/c1-2-8-15-12-6-5-11(13)9-10(12)4-3-7-14/h1,3-6,9H,8H2. The third-order valence-electron chi connectivity index (χ3n) is 1.62. The number of hydrogen-bond acceptors (Lipinski definition) is 2. The van der Waals surface area contributed by atoms with Gasteiger partial charge in [-0.25, -0.2) is 0 Å². The van der Waals surface area contributed by atoms with E-state index in [-0.39, 0.29) is 6.61 Å². The minimum absolute atomic E-state index is 0.190. The summed E-state index contributed by atoms with van der Waals surface area (Å²) in [5.74, 6) is 2.98. The van der Waals surface area contributed by atoms with Gasteiger partial charge in [0.25, 0.3) is 0 Å². The predicted octanol–water partition coefficient (Wildman–Crippen LogP) is 2.89. The van der Waals surface area contributed by atoms with Gasteiger partial charge in [-0.2, -0.15) is 5.26 Å². The van der Waals surface area contributed by atoms with Crippen molar-refractivity contribution in [1.29, 1.82) is 5.26 Å². The van der Waals surface area contributed by atoms with Gasteiger partial charge in [-0.1, -0.05) is 17.5 Å². The Morgan fingerprint density at radius 3 is 3.00 bits per heavy atom. The number of allylic oxidation sites excluding steroid dienone is 1. The maximum atomic E-state index is 8.42. The van der Waals surface area contributed by atoms with E-state index in [1.807, 2.05) is 6.07 Å². The summed E-state index contributed by atoms with van der Waals surface area (Å²) >= 11 is 5.82. The summed E-state index contributed by atoms with van der Waals surface area (Å²) < 4.78 is 5.28. The van der Waals surface area contributed by atoms with Gasteiger partial charge < -0.3 is 4.74 Å². The van der Waals surface area contributed by atoms with Crippen molar-refractivity contribution in [3.05, 3.63) is 34.9 Å². The Kier molecular flexibility index (Phi) is 4.29. The Morgan fingerprint density at radius 1 is 1.53 bits per heavy atom. The lowest BCUT2D eigenvalue weighted by molar-refractivity contribution is 0.369. The van der Waals surface area contributed by atoms with Crippen LogP contribution < -0.4 is 4.74 Å². The number of halogens is 1. The maximum Gasteiger partial charge on any atom is 0.148 e. The van der Waals surface area contributed by atoms with E-state index in [4.69, 9.17) is 28.0 Å². The molecule has 0 aliphatic rings. The van der Waals surface area contributed by atoms with Gasteiger partial charge in [0, 0.05) is 16.7 Å². The van der Waals surface area contributed by atoms with E-state index in [0.29, 0.717) is 10.8 Å². The van der Waals surface area contributed by atoms with E-state index in [1.165, 1.54) is 6.08 Å². The lowest BCUT2D eigenvalue weighted by Crippen LogP contribution is -1.95. The number of nitrogens with zero attached hydrogens (tertiary/aromatic N) is 1. The quantitative estimate of drug-likeness (QED) is 0.576. The number of benzene rings is 1. The normalized spacial score (nSPS) is 9.53. The van der Waals surface area contributed by atoms with Gasteiger partial charge >= 0.3 is 0 Å². The van der Waals surface area contributed by atoms with Gasteiger partial charge in [-0.05, 0) is 24.3 Å². The van der Waals surface area contributed by atoms with Crippen molar-refractivity contribution in [3.63, 3.8) is 0 Å². The Balaban J connectivity index is 2.99. The minimum Gasteiger partial charge on any atom is -0.480 e. The molecule has 0 bridgehead atoms. The average Bonchev–Trinajstić information content (AvgIpc) is 2.25. The molecule has 0 N–H and O–H groups in total. The van der Waals surface area contributed by atoms with Crippen molar-refractivity contribution in [1.82, 2.24) is 0 Å². The molecule has 1 aromatic rings. The molecule has 0 radical (unpaired) electrons. The number of hydrogen-bond donors (Lipinski definition) is 0. The monoisotopic (exact) mass is 217 g/mol. The summed E-state index contributed by atoms with van der Waals surface area (Å²) in [4.78, 5) is 0. The van der Waals surface area contributed by atoms with Gasteiger partial charge in [-0.15, -0.1) is 6.42 Å². The van der Waals surface area contributed by atoms with Crippen LogP contribution in [-0.2, 0) is 0 Å². The molecule has 1 aromatic carbocycles. The zero-order valence-electron chi connectivity index (χ0n) is 7.90. The molecule has 0 aliphatic heterocycles. The topological polar surface area (TPSA) is 33.0 Å². The van der Waals surface area contributed by atoms with E-state index in [0.717, 1.165) is 5.56 Å². The number of nitriles is 1. The molecule has 2 nitrogen and oxygen atoms in total. The van der Waals surface area contributed by atoms with E-state index in [1.54, 1.807) is 24.3 Å². The molecule has 0 unspecified atom stereocenters. The van der Waals surface area contributed by atoms with E-state index in [9.17, 15) is 0 Å². The van der Waals surface area contributed by atoms with Crippen LogP contribution in [0.25, 0.3) is 6.08 Å². The zero-order chi connectivity index (χ0) is 11.1. The second kappa shape index (κ2) is 5.75. The summed E-state index contributed by atoms with van der Waals surface area (Å²) in [5.41, 5.74) is 0.735. The Morgan fingerprint density at radius 2 is 2.33 bits per heavy atom. The zero-order valence-corrected chi connectivity index (χ0v) is 8.66. The molecule has 0 heterocycles. The van der Waals surface area contributed by atoms with Crippen LogP contribution in [0.2, 0.25) is 5.02 Å². The SMILES string of the molecule is C#CCOc1ccc(Cl)cc1C=CC#N. The van der Waals surface area contributed by atoms with Crippen molar-refractivity contribution in [2.75, 3.05) is 6.61 Å². The second-order valence-electron chi connectivity index (χ2n) is 2.64. The summed E-state index contributed by atoms with van der Waals surface area (Å²) in [6, 6.07) is 7.03. The highest BCUT2D eigenvalue weighted by Gasteiger charge is 2.00.